The van der Waals surface area contributed by atoms with Crippen molar-refractivity contribution in [3.63, 3.8) is 0 Å². The number of rotatable bonds is 12. The van der Waals surface area contributed by atoms with Gasteiger partial charge in [-0.25, -0.2) is 29.2 Å². The highest BCUT2D eigenvalue weighted by atomic mass is 31.2. The van der Waals surface area contributed by atoms with Crippen molar-refractivity contribution in [2.24, 2.45) is 14.2 Å². The Morgan fingerprint density at radius 3 is 0.579 bits per heavy atom. The van der Waals surface area contributed by atoms with Crippen LogP contribution in [-0.4, -0.2) is 205 Å². The van der Waals surface area contributed by atoms with Crippen molar-refractivity contribution >= 4 is 74.5 Å². The van der Waals surface area contributed by atoms with E-state index in [0.717, 1.165) is 17.1 Å². The molecule has 6 bridgehead atoms. The summed E-state index contributed by atoms with van der Waals surface area (Å²) in [6, 6.07) is 12.2. The average Bonchev–Trinajstić information content (AvgIpc) is 3.11. The second-order valence-corrected chi connectivity index (χ2v) is 26.9. The van der Waals surface area contributed by atoms with Gasteiger partial charge < -0.3 is 14.7 Å². The molecule has 0 saturated carbocycles. The minimum absolute atomic E-state index is 0.680. The van der Waals surface area contributed by atoms with Gasteiger partial charge in [-0.15, -0.1) is 0 Å². The van der Waals surface area contributed by atoms with E-state index in [1.807, 2.05) is 72.2 Å². The Morgan fingerprint density at radius 1 is 0.316 bits per heavy atom. The fraction of sp³-hybridized carbons (Fsp3) is 0.583. The molecule has 57 heavy (non-hydrogen) atoms. The third kappa shape index (κ3) is 8.75. The zero-order valence-corrected chi connectivity index (χ0v) is 41.0. The average molecular weight is 847 g/mol. The van der Waals surface area contributed by atoms with Crippen molar-refractivity contribution in [3.8, 4) is 0 Å². The van der Waals surface area contributed by atoms with Gasteiger partial charge in [0.2, 0.25) is 0 Å². The molecule has 21 heteroatoms. The van der Waals surface area contributed by atoms with Crippen molar-refractivity contribution in [3.05, 3.63) is 36.4 Å². The Bertz CT molecular complexity index is 1690. The van der Waals surface area contributed by atoms with Gasteiger partial charge >= 0.3 is 0 Å². The molecule has 4 heterocycles. The molecule has 318 valence electrons. The van der Waals surface area contributed by atoms with Crippen molar-refractivity contribution in [1.82, 2.24) is 57.0 Å². The molecule has 1 aliphatic heterocycles. The lowest BCUT2D eigenvalue weighted by Crippen LogP contribution is -2.30. The molecule has 0 amide bonds. The summed E-state index contributed by atoms with van der Waals surface area (Å²) < 4.78 is 36.5. The summed E-state index contributed by atoms with van der Waals surface area (Å²) in [4.78, 5) is 21.9. The van der Waals surface area contributed by atoms with E-state index >= 15 is 0 Å². The molecule has 0 N–H and O–H groups in total. The molecule has 0 saturated heterocycles. The lowest BCUT2D eigenvalue weighted by Gasteiger charge is -2.41. The summed E-state index contributed by atoms with van der Waals surface area (Å²) in [5, 5.41) is 0. The first kappa shape index (κ1) is 46.9. The molecular weight excluding hydrogens is 777 g/mol. The summed E-state index contributed by atoms with van der Waals surface area (Å²) >= 11 is 0. The first-order chi connectivity index (χ1) is 26.4. The van der Waals surface area contributed by atoms with Gasteiger partial charge in [-0.05, 0) is 127 Å². The topological polar surface area (TPSA) is 115 Å². The zero-order chi connectivity index (χ0) is 43.1. The lowest BCUT2D eigenvalue weighted by molar-refractivity contribution is 0.474. The van der Waals surface area contributed by atoms with Crippen LogP contribution >= 0.6 is 22.5 Å². The molecule has 0 spiro atoms. The highest BCUT2D eigenvalue weighted by Gasteiger charge is 2.32. The van der Waals surface area contributed by atoms with E-state index in [1.54, 1.807) is 0 Å². The van der Waals surface area contributed by atoms with Crippen molar-refractivity contribution in [1.29, 1.82) is 0 Å². The second-order valence-electron chi connectivity index (χ2n) is 15.8. The largest absolute Gasteiger partial charge is 0.314 e. The molecule has 0 aromatic carbocycles. The van der Waals surface area contributed by atoms with E-state index in [-0.39, 0.29) is 0 Å². The van der Waals surface area contributed by atoms with Gasteiger partial charge in [0.15, 0.2) is 22.5 Å². The number of nitrogens with zero attached hydrogens (tertiary/aromatic N) is 18. The van der Waals surface area contributed by atoms with Crippen LogP contribution in [0.15, 0.2) is 50.6 Å². The quantitative estimate of drug-likeness (QED) is 0.170. The van der Waals surface area contributed by atoms with Crippen LogP contribution in [0.2, 0.25) is 0 Å². The lowest BCUT2D eigenvalue weighted by atomic mass is 10.3. The van der Waals surface area contributed by atoms with Crippen LogP contribution in [0.5, 0.6) is 0 Å². The third-order valence-corrected chi connectivity index (χ3v) is 21.1. The van der Waals surface area contributed by atoms with Crippen molar-refractivity contribution in [2.75, 3.05) is 163 Å². The van der Waals surface area contributed by atoms with Crippen LogP contribution < -0.4 is 14.7 Å². The van der Waals surface area contributed by atoms with Gasteiger partial charge in [0.25, 0.3) is 0 Å². The number of fused-ring (bicyclic) bond motifs is 6. The molecule has 3 aromatic heterocycles. The molecule has 18 nitrogen and oxygen atoms in total. The van der Waals surface area contributed by atoms with Crippen LogP contribution in [0, 0.1) is 0 Å². The van der Waals surface area contributed by atoms with Gasteiger partial charge in [0.05, 0.1) is 17.1 Å². The highest BCUT2D eigenvalue weighted by molar-refractivity contribution is 7.59. The molecule has 4 rings (SSSR count). The minimum Gasteiger partial charge on any atom is -0.314 e. The SMILES string of the molecule is CN1c2cc(N=P(N(C)C)(N(C)C)N(C)C)cc(n2)N(C)c2cc(N=P(N(C)C)(N(C)C)N(C)C)cc(n2)N(C)c2cc(N=P(N(C)C)(N(C)C)N(C)C)cc1n2. The van der Waals surface area contributed by atoms with Crippen LogP contribution in [0.3, 0.4) is 0 Å². The summed E-state index contributed by atoms with van der Waals surface area (Å²) in [6.07, 6.45) is 0. The number of hydrogen-bond donors (Lipinski definition) is 0. The highest BCUT2D eigenvalue weighted by Crippen LogP contribution is 2.59. The fourth-order valence-electron chi connectivity index (χ4n) is 7.51. The molecular formula is C36H69N18P3. The smallest absolute Gasteiger partial charge is 0.171 e. The van der Waals surface area contributed by atoms with E-state index in [0.29, 0.717) is 34.9 Å². The molecule has 1 aliphatic rings. The predicted molar refractivity (Wildman–Crippen MR) is 247 cm³/mol. The standard InChI is InChI=1S/C36H69N18P3/c1-43(2)55(44(3)4,45(5)6)40-28-22-31-37-32(23-28)53(20)34-25-30(42-57(49(13)14,50(15)16)51(17)18)27-36(39-34)54(21)35-26-29(24-33(38-35)52(31)19)41-56(46(7)8,47(9)10)48(11)12/h22-27H,1-21H3. The van der Waals surface area contributed by atoms with E-state index in [1.165, 1.54) is 0 Å². The van der Waals surface area contributed by atoms with E-state index in [9.17, 15) is 0 Å². The maximum Gasteiger partial charge on any atom is 0.171 e. The van der Waals surface area contributed by atoms with Crippen LogP contribution in [0.25, 0.3) is 0 Å². The van der Waals surface area contributed by atoms with Crippen molar-refractivity contribution < 1.29 is 0 Å². The molecule has 0 atom stereocenters. The summed E-state index contributed by atoms with van der Waals surface area (Å²) in [7, 11) is 36.5. The first-order valence-electron chi connectivity index (χ1n) is 18.6. The van der Waals surface area contributed by atoms with Crippen LogP contribution in [-0.2, 0) is 0 Å². The van der Waals surface area contributed by atoms with Gasteiger partial charge in [0.1, 0.15) is 34.9 Å². The Labute approximate surface area is 343 Å². The minimum atomic E-state index is -2.33. The van der Waals surface area contributed by atoms with Gasteiger partial charge in [-0.3, -0.25) is 42.0 Å². The third-order valence-electron chi connectivity index (χ3n) is 9.99. The van der Waals surface area contributed by atoms with Crippen LogP contribution in [0.1, 0.15) is 0 Å². The summed E-state index contributed by atoms with van der Waals surface area (Å²) in [5.41, 5.74) is 2.35. The maximum atomic E-state index is 5.54. The van der Waals surface area contributed by atoms with Crippen molar-refractivity contribution in [2.45, 2.75) is 0 Å². The fourth-order valence-corrected chi connectivity index (χ4v) is 16.8. The normalized spacial score (nSPS) is 14.3. The molecule has 0 aliphatic carbocycles. The number of pyridine rings is 3. The molecule has 0 fully saturated rings. The molecule has 0 radical (unpaired) electrons. The summed E-state index contributed by atoms with van der Waals surface area (Å²) in [5.74, 6) is 4.08. The maximum absolute atomic E-state index is 5.54. The van der Waals surface area contributed by atoms with Gasteiger partial charge in [0, 0.05) is 57.5 Å². The van der Waals surface area contributed by atoms with E-state index in [4.69, 9.17) is 29.2 Å². The van der Waals surface area contributed by atoms with Gasteiger partial charge in [-0.2, -0.15) is 0 Å². The first-order valence-corrected chi connectivity index (χ1v) is 23.4. The Kier molecular flexibility index (Phi) is 14.6. The predicted octanol–water partition coefficient (Wildman–Crippen LogP) is 7.28. The van der Waals surface area contributed by atoms with E-state index < -0.39 is 22.5 Å². The molecule has 0 unspecified atom stereocenters. The molecule has 3 aromatic rings. The monoisotopic (exact) mass is 847 g/mol. The number of aromatic nitrogens is 3. The van der Waals surface area contributed by atoms with Gasteiger partial charge in [-0.1, -0.05) is 0 Å². The zero-order valence-electron chi connectivity index (χ0n) is 38.4. The summed E-state index contributed by atoms with van der Waals surface area (Å²) in [6.45, 7) is 0. The Morgan fingerprint density at radius 2 is 0.456 bits per heavy atom. The Hall–Kier alpha value is -2.82. The number of hydrogen-bond acceptors (Lipinski definition) is 9. The second kappa shape index (κ2) is 17.8. The van der Waals surface area contributed by atoms with E-state index in [2.05, 4.69) is 169 Å². The number of anilines is 6. The van der Waals surface area contributed by atoms with Crippen LogP contribution in [0.4, 0.5) is 52.0 Å². The Balaban J connectivity index is 2.24.